The van der Waals surface area contributed by atoms with Gasteiger partial charge < -0.3 is 113 Å². The molecule has 0 radical (unpaired) electrons. The highest BCUT2D eigenvalue weighted by atomic mass is 35.5. The van der Waals surface area contributed by atoms with Gasteiger partial charge >= 0.3 is 0 Å². The average Bonchev–Trinajstić information content (AvgIpc) is 3.06. The zero-order valence-electron chi connectivity index (χ0n) is 25.0. The van der Waals surface area contributed by atoms with Crippen LogP contribution in [-0.2, 0) is 33.2 Å². The van der Waals surface area contributed by atoms with Crippen LogP contribution in [0.25, 0.3) is 10.4 Å². The van der Waals surface area contributed by atoms with Crippen LogP contribution in [0.15, 0.2) is 5.11 Å². The van der Waals surface area contributed by atoms with Gasteiger partial charge in [-0.25, -0.2) is 0 Å². The van der Waals surface area contributed by atoms with E-state index in [-0.39, 0.29) is 12.4 Å². The first-order valence-electron chi connectivity index (χ1n) is 14.7. The summed E-state index contributed by atoms with van der Waals surface area (Å²) in [5.41, 5.74) is 12.4. The zero-order valence-corrected chi connectivity index (χ0v) is 25.8. The molecule has 4 aliphatic rings. The fraction of sp³-hybridized carbons (Fsp3) is 1.00. The van der Waals surface area contributed by atoms with E-state index in [2.05, 4.69) is 15.8 Å². The summed E-state index contributed by atoms with van der Waals surface area (Å²) in [5, 5.41) is 127. The number of halogens is 1. The third kappa shape index (κ3) is 8.29. The van der Waals surface area contributed by atoms with E-state index in [0.717, 1.165) is 0 Å². The van der Waals surface area contributed by atoms with Crippen molar-refractivity contribution in [1.82, 2.24) is 0 Å². The molecule has 0 spiro atoms. The van der Waals surface area contributed by atoms with Crippen LogP contribution in [0.3, 0.4) is 0 Å². The van der Waals surface area contributed by atoms with Crippen molar-refractivity contribution in [3.63, 3.8) is 0 Å². The molecule has 0 saturated carbocycles. The van der Waals surface area contributed by atoms with E-state index in [1.807, 2.05) is 0 Å². The first-order chi connectivity index (χ1) is 22.3. The zero-order chi connectivity index (χ0) is 34.7. The molecule has 20 atom stereocenters. The Morgan fingerprint density at radius 3 is 1.52 bits per heavy atom. The normalized spacial score (nSPS) is 49.9. The highest BCUT2D eigenvalue weighted by Crippen LogP contribution is 2.33. The van der Waals surface area contributed by atoms with Crippen molar-refractivity contribution >= 4 is 0 Å². The maximum Gasteiger partial charge on any atom is 0.214 e. The lowest BCUT2D eigenvalue weighted by Gasteiger charge is -2.48. The molecule has 0 aromatic carbocycles. The molecule has 4 heterocycles. The Balaban J connectivity index is 0.00000625. The molecule has 0 aromatic rings. The monoisotopic (exact) mass is 726 g/mol. The highest BCUT2D eigenvalue weighted by Gasteiger charge is 2.55. The summed E-state index contributed by atoms with van der Waals surface area (Å²) in [6.07, 6.45) is -31.7. The van der Waals surface area contributed by atoms with E-state index in [1.165, 1.54) is 0 Å². The van der Waals surface area contributed by atoms with Gasteiger partial charge in [0.05, 0.1) is 26.4 Å². The number of aliphatic hydroxyl groups excluding tert-OH is 12. The Bertz CT molecular complexity index is 1050. The number of hydrogen-bond acceptors (Lipinski definition) is 20. The van der Waals surface area contributed by atoms with Crippen LogP contribution in [0.5, 0.6) is 0 Å². The number of hydrogen-bond donors (Lipinski definition) is 13. The van der Waals surface area contributed by atoms with E-state index in [4.69, 9.17) is 38.7 Å². The first-order valence-corrected chi connectivity index (χ1v) is 14.7. The van der Waals surface area contributed by atoms with Crippen molar-refractivity contribution in [2.75, 3.05) is 26.4 Å². The van der Waals surface area contributed by atoms with Crippen LogP contribution in [0.2, 0.25) is 0 Å². The Morgan fingerprint density at radius 2 is 0.979 bits per heavy atom. The predicted molar refractivity (Wildman–Crippen MR) is 141 cm³/mol. The lowest BCUT2D eigenvalue weighted by Crippen LogP contribution is -3.00. The topological polar surface area (TPSA) is 384 Å². The molecule has 4 fully saturated rings. The van der Waals surface area contributed by atoms with Gasteiger partial charge in [0.1, 0.15) is 91.6 Å². The van der Waals surface area contributed by atoms with Gasteiger partial charge in [-0.2, -0.15) is 0 Å². The van der Waals surface area contributed by atoms with E-state index in [1.54, 1.807) is 0 Å². The van der Waals surface area contributed by atoms with E-state index in [9.17, 15) is 61.3 Å². The van der Waals surface area contributed by atoms with Gasteiger partial charge in [-0.1, -0.05) is 5.11 Å². The van der Waals surface area contributed by atoms with E-state index in [0.29, 0.717) is 0 Å². The molecule has 0 aromatic heterocycles. The predicted octanol–water partition coefficient (Wildman–Crippen LogP) is -12.2. The molecule has 280 valence electrons. The summed E-state index contributed by atoms with van der Waals surface area (Å²) in [6, 6.07) is -1.32. The first kappa shape index (κ1) is 41.2. The van der Waals surface area contributed by atoms with Crippen LogP contribution in [0.4, 0.5) is 0 Å². The van der Waals surface area contributed by atoms with Crippen LogP contribution < -0.4 is 18.1 Å². The summed E-state index contributed by atoms with van der Waals surface area (Å²) < 4.78 is 38.8. The summed E-state index contributed by atoms with van der Waals surface area (Å²) in [5.74, 6) is 0. The standard InChI is InChI=1S/C24H42N4O19.ClH/c25-9-12(35)18(45-23-16(39)13(36)10(33)5(1-29)42-23)8(4-32)44-22(9)47-20-11(34)6(2-30)43-24(17(20)40)46-19-7(3-31)41-21(27-28-26)15(38)14(19)37;/h5-24,29-40H,1-4,25H2;1H/t5-,6-,7-,8-,9-,10+,11+,12-,13+,14-,15-,16-,17-,18-,19-,20+,21-,22+,23+,24+;/m1./s1. The smallest absolute Gasteiger partial charge is 0.214 e. The fourth-order valence-corrected chi connectivity index (χ4v) is 5.78. The molecular weight excluding hydrogens is 684 g/mol. The second-order valence-corrected chi connectivity index (χ2v) is 11.5. The lowest BCUT2D eigenvalue weighted by atomic mass is 9.95. The number of quaternary nitrogens is 1. The summed E-state index contributed by atoms with van der Waals surface area (Å²) in [7, 11) is 0. The number of aliphatic hydroxyl groups is 12. The van der Waals surface area contributed by atoms with E-state index < -0.39 is 149 Å². The molecule has 4 aliphatic heterocycles. The van der Waals surface area contributed by atoms with Gasteiger partial charge in [0.2, 0.25) is 6.29 Å². The van der Waals surface area contributed by atoms with Gasteiger partial charge in [-0.3, -0.25) is 0 Å². The SMILES string of the molecule is [Cl-].[N-]=[N+]=N[C@@H]1O[C@H](CO)[C@@H](O[C@@H]2O[C@H](CO)[C@H](O)[C@H](O[C@@H]3O[C@H](CO)[C@@H](O[C@@H]4O[C@H](CO)[C@H](O)[C@H](O)[C@H]4O)[C@H](O)[C@H]3[NH3+])[C@H]2O)[C@H](O)[C@H]1O. The van der Waals surface area contributed by atoms with Crippen molar-refractivity contribution in [2.24, 2.45) is 5.11 Å². The molecule has 0 unspecified atom stereocenters. The highest BCUT2D eigenvalue weighted by molar-refractivity contribution is 4.98. The minimum atomic E-state index is -1.95. The van der Waals surface area contributed by atoms with Gasteiger partial charge in [0.25, 0.3) is 0 Å². The Labute approximate surface area is 277 Å². The molecule has 0 bridgehead atoms. The average molecular weight is 727 g/mol. The third-order valence-electron chi connectivity index (χ3n) is 8.53. The molecule has 0 amide bonds. The number of azide groups is 1. The molecule has 15 N–H and O–H groups in total. The van der Waals surface area contributed by atoms with Crippen molar-refractivity contribution in [3.8, 4) is 0 Å². The molecule has 48 heavy (non-hydrogen) atoms. The summed E-state index contributed by atoms with van der Waals surface area (Å²) in [4.78, 5) is 2.50. The minimum absolute atomic E-state index is 0. The van der Waals surface area contributed by atoms with Gasteiger partial charge in [-0.15, -0.1) is 0 Å². The lowest BCUT2D eigenvalue weighted by molar-refractivity contribution is -0.512. The Morgan fingerprint density at radius 1 is 0.521 bits per heavy atom. The summed E-state index contributed by atoms with van der Waals surface area (Å²) in [6.45, 7) is -3.26. The van der Waals surface area contributed by atoms with Gasteiger partial charge in [0.15, 0.2) is 24.8 Å². The second-order valence-electron chi connectivity index (χ2n) is 11.5. The van der Waals surface area contributed by atoms with Gasteiger partial charge in [-0.05, 0) is 5.53 Å². The number of rotatable bonds is 11. The van der Waals surface area contributed by atoms with Crippen LogP contribution in [0.1, 0.15) is 0 Å². The molecule has 0 aliphatic carbocycles. The maximum atomic E-state index is 11.1. The van der Waals surface area contributed by atoms with Crippen molar-refractivity contribution in [3.05, 3.63) is 10.4 Å². The molecule has 4 saturated heterocycles. The van der Waals surface area contributed by atoms with Gasteiger partial charge in [0, 0.05) is 4.91 Å². The Hall–Kier alpha value is -1.20. The fourth-order valence-electron chi connectivity index (χ4n) is 5.78. The van der Waals surface area contributed by atoms with Crippen molar-refractivity contribution in [1.29, 1.82) is 0 Å². The van der Waals surface area contributed by atoms with Crippen molar-refractivity contribution in [2.45, 2.75) is 123 Å². The molecule has 23 nitrogen and oxygen atoms in total. The third-order valence-corrected chi connectivity index (χ3v) is 8.53. The van der Waals surface area contributed by atoms with Crippen molar-refractivity contribution < 1.29 is 113 Å². The molecule has 24 heteroatoms. The Kier molecular flexibility index (Phi) is 15.3. The summed E-state index contributed by atoms with van der Waals surface area (Å²) >= 11 is 0. The van der Waals surface area contributed by atoms with E-state index >= 15 is 0 Å². The second kappa shape index (κ2) is 17.8. The van der Waals surface area contributed by atoms with Crippen LogP contribution >= 0.6 is 0 Å². The quantitative estimate of drug-likeness (QED) is 0.0534. The van der Waals surface area contributed by atoms with Crippen LogP contribution in [-0.4, -0.2) is 210 Å². The number of nitrogens with zero attached hydrogens (tertiary/aromatic N) is 3. The number of ether oxygens (including phenoxy) is 7. The maximum absolute atomic E-state index is 11.1. The molecule has 4 rings (SSSR count). The largest absolute Gasteiger partial charge is 1.00 e. The molecular formula is C24H43ClN4O19. The van der Waals surface area contributed by atoms with Crippen LogP contribution in [0, 0.1) is 0 Å². The minimum Gasteiger partial charge on any atom is -1.00 e.